The molecular formula is C15H18N4O3. The average Bonchev–Trinajstić information content (AvgIpc) is 3.20. The third-order valence-electron chi connectivity index (χ3n) is 3.61. The summed E-state index contributed by atoms with van der Waals surface area (Å²) in [6.45, 7) is 1.40. The van der Waals surface area contributed by atoms with Crippen molar-refractivity contribution < 1.29 is 14.3 Å². The lowest BCUT2D eigenvalue weighted by atomic mass is 10.2. The van der Waals surface area contributed by atoms with Gasteiger partial charge < -0.3 is 20.4 Å². The number of H-pyrrole nitrogens is 1. The van der Waals surface area contributed by atoms with Crippen LogP contribution in [0.2, 0.25) is 0 Å². The number of hydrogen-bond donors (Lipinski definition) is 3. The summed E-state index contributed by atoms with van der Waals surface area (Å²) in [6, 6.07) is 5.27. The third-order valence-corrected chi connectivity index (χ3v) is 3.61. The van der Waals surface area contributed by atoms with E-state index >= 15 is 0 Å². The Morgan fingerprint density at radius 3 is 3.00 bits per heavy atom. The van der Waals surface area contributed by atoms with E-state index in [-0.39, 0.29) is 17.9 Å². The molecule has 1 aliphatic rings. The van der Waals surface area contributed by atoms with Crippen molar-refractivity contribution in [2.45, 2.75) is 18.9 Å². The zero-order valence-electron chi connectivity index (χ0n) is 12.1. The number of nitrogens with one attached hydrogen (secondary N) is 3. The first kappa shape index (κ1) is 14.5. The van der Waals surface area contributed by atoms with E-state index in [1.807, 2.05) is 0 Å². The highest BCUT2D eigenvalue weighted by Crippen LogP contribution is 2.12. The van der Waals surface area contributed by atoms with E-state index in [4.69, 9.17) is 4.74 Å². The molecule has 3 N–H and O–H groups in total. The summed E-state index contributed by atoms with van der Waals surface area (Å²) in [5.74, 6) is -0.284. The van der Waals surface area contributed by atoms with Gasteiger partial charge in [-0.25, -0.2) is 4.98 Å². The molecule has 0 spiro atoms. The molecule has 7 heteroatoms. The summed E-state index contributed by atoms with van der Waals surface area (Å²) in [6.07, 6.45) is 2.94. The molecule has 22 heavy (non-hydrogen) atoms. The fourth-order valence-electron chi connectivity index (χ4n) is 2.44. The summed E-state index contributed by atoms with van der Waals surface area (Å²) < 4.78 is 5.29. The molecule has 0 aliphatic carbocycles. The van der Waals surface area contributed by atoms with E-state index in [1.165, 1.54) is 0 Å². The van der Waals surface area contributed by atoms with Crippen LogP contribution in [0.3, 0.4) is 0 Å². The largest absolute Gasteiger partial charge is 0.368 e. The monoisotopic (exact) mass is 302 g/mol. The van der Waals surface area contributed by atoms with Crippen LogP contribution in [-0.4, -0.2) is 47.6 Å². The Labute approximate surface area is 127 Å². The molecule has 1 atom stereocenters. The van der Waals surface area contributed by atoms with E-state index in [9.17, 15) is 9.59 Å². The molecule has 1 aromatic heterocycles. The van der Waals surface area contributed by atoms with Gasteiger partial charge in [-0.2, -0.15) is 0 Å². The maximum atomic E-state index is 12.0. The lowest BCUT2D eigenvalue weighted by Gasteiger charge is -2.11. The number of ether oxygens (including phenoxy) is 1. The molecule has 1 saturated heterocycles. The van der Waals surface area contributed by atoms with E-state index in [1.54, 1.807) is 24.5 Å². The van der Waals surface area contributed by atoms with Gasteiger partial charge in [-0.05, 0) is 31.0 Å². The van der Waals surface area contributed by atoms with Gasteiger partial charge in [0.05, 0.1) is 17.4 Å². The number of aromatic nitrogens is 2. The van der Waals surface area contributed by atoms with Crippen molar-refractivity contribution in [3.05, 3.63) is 30.1 Å². The lowest BCUT2D eigenvalue weighted by molar-refractivity contribution is -0.129. The molecule has 0 bridgehead atoms. The van der Waals surface area contributed by atoms with Crippen molar-refractivity contribution in [1.29, 1.82) is 0 Å². The van der Waals surface area contributed by atoms with Gasteiger partial charge in [0, 0.05) is 25.3 Å². The standard InChI is InChI=1S/C15H18N4O3/c20-14(10-3-4-11-12(8-10)19-9-18-11)16-5-6-17-15(21)13-2-1-7-22-13/h3-4,8-9,13H,1-2,5-7H2,(H,16,20)(H,17,21)(H,18,19). The Hall–Kier alpha value is -2.41. The predicted molar refractivity (Wildman–Crippen MR) is 80.4 cm³/mol. The van der Waals surface area contributed by atoms with Gasteiger partial charge in [0.1, 0.15) is 6.10 Å². The summed E-state index contributed by atoms with van der Waals surface area (Å²) in [4.78, 5) is 30.8. The number of benzene rings is 1. The molecule has 2 amide bonds. The third kappa shape index (κ3) is 3.25. The Morgan fingerprint density at radius 1 is 1.32 bits per heavy atom. The van der Waals surface area contributed by atoms with Crippen LogP contribution in [0, 0.1) is 0 Å². The number of amides is 2. The van der Waals surface area contributed by atoms with Gasteiger partial charge >= 0.3 is 0 Å². The number of nitrogens with zero attached hydrogens (tertiary/aromatic N) is 1. The number of aromatic amines is 1. The van der Waals surface area contributed by atoms with Crippen molar-refractivity contribution in [2.24, 2.45) is 0 Å². The summed E-state index contributed by atoms with van der Waals surface area (Å²) in [7, 11) is 0. The summed E-state index contributed by atoms with van der Waals surface area (Å²) in [5.41, 5.74) is 2.20. The molecule has 2 aromatic rings. The predicted octanol–water partition coefficient (Wildman–Crippen LogP) is 0.588. The fourth-order valence-corrected chi connectivity index (χ4v) is 2.44. The number of carbonyl (C=O) groups is 2. The number of fused-ring (bicyclic) bond motifs is 1. The lowest BCUT2D eigenvalue weighted by Crippen LogP contribution is -2.39. The minimum Gasteiger partial charge on any atom is -0.368 e. The highest BCUT2D eigenvalue weighted by Gasteiger charge is 2.22. The van der Waals surface area contributed by atoms with Crippen LogP contribution in [0.15, 0.2) is 24.5 Å². The molecular weight excluding hydrogens is 284 g/mol. The van der Waals surface area contributed by atoms with Crippen LogP contribution < -0.4 is 10.6 Å². The Kier molecular flexibility index (Phi) is 4.34. The van der Waals surface area contributed by atoms with E-state index in [0.717, 1.165) is 23.9 Å². The van der Waals surface area contributed by atoms with Gasteiger partial charge in [0.25, 0.3) is 5.91 Å². The molecule has 1 aromatic carbocycles. The van der Waals surface area contributed by atoms with Crippen LogP contribution in [0.1, 0.15) is 23.2 Å². The number of hydrogen-bond acceptors (Lipinski definition) is 4. The Balaban J connectivity index is 1.44. The molecule has 3 rings (SSSR count). The van der Waals surface area contributed by atoms with Crippen LogP contribution in [0.25, 0.3) is 11.0 Å². The quantitative estimate of drug-likeness (QED) is 0.704. The zero-order valence-corrected chi connectivity index (χ0v) is 12.1. The topological polar surface area (TPSA) is 96.1 Å². The zero-order chi connectivity index (χ0) is 15.4. The molecule has 1 aliphatic heterocycles. The molecule has 2 heterocycles. The SMILES string of the molecule is O=C(NCCNC(=O)C1CCCO1)c1ccc2nc[nH]c2c1. The van der Waals surface area contributed by atoms with Crippen LogP contribution in [0.4, 0.5) is 0 Å². The second-order valence-corrected chi connectivity index (χ2v) is 5.18. The Bertz CT molecular complexity index is 676. The second kappa shape index (κ2) is 6.57. The first-order chi connectivity index (χ1) is 10.7. The van der Waals surface area contributed by atoms with Gasteiger partial charge in [-0.3, -0.25) is 9.59 Å². The minimum atomic E-state index is -0.335. The van der Waals surface area contributed by atoms with Crippen molar-refractivity contribution in [2.75, 3.05) is 19.7 Å². The summed E-state index contributed by atoms with van der Waals surface area (Å²) in [5, 5.41) is 5.54. The van der Waals surface area contributed by atoms with Crippen molar-refractivity contribution >= 4 is 22.8 Å². The molecule has 7 nitrogen and oxygen atoms in total. The number of carbonyl (C=O) groups excluding carboxylic acids is 2. The van der Waals surface area contributed by atoms with Crippen LogP contribution in [-0.2, 0) is 9.53 Å². The van der Waals surface area contributed by atoms with Gasteiger partial charge in [-0.1, -0.05) is 0 Å². The van der Waals surface area contributed by atoms with Crippen molar-refractivity contribution in [3.8, 4) is 0 Å². The number of imidazole rings is 1. The second-order valence-electron chi connectivity index (χ2n) is 5.18. The average molecular weight is 302 g/mol. The highest BCUT2D eigenvalue weighted by molar-refractivity contribution is 5.97. The molecule has 116 valence electrons. The van der Waals surface area contributed by atoms with Crippen LogP contribution >= 0.6 is 0 Å². The maximum absolute atomic E-state index is 12.0. The molecule has 0 radical (unpaired) electrons. The van der Waals surface area contributed by atoms with Gasteiger partial charge in [0.2, 0.25) is 5.91 Å². The van der Waals surface area contributed by atoms with Gasteiger partial charge in [-0.15, -0.1) is 0 Å². The summed E-state index contributed by atoms with van der Waals surface area (Å²) >= 11 is 0. The van der Waals surface area contributed by atoms with Crippen LogP contribution in [0.5, 0.6) is 0 Å². The molecule has 1 unspecified atom stereocenters. The molecule has 0 saturated carbocycles. The van der Waals surface area contributed by atoms with Crippen molar-refractivity contribution in [3.63, 3.8) is 0 Å². The smallest absolute Gasteiger partial charge is 0.251 e. The van der Waals surface area contributed by atoms with E-state index in [2.05, 4.69) is 20.6 Å². The first-order valence-corrected chi connectivity index (χ1v) is 7.35. The highest BCUT2D eigenvalue weighted by atomic mass is 16.5. The normalized spacial score (nSPS) is 17.5. The van der Waals surface area contributed by atoms with E-state index in [0.29, 0.717) is 25.3 Å². The first-order valence-electron chi connectivity index (χ1n) is 7.35. The van der Waals surface area contributed by atoms with Gasteiger partial charge in [0.15, 0.2) is 0 Å². The number of rotatable bonds is 5. The molecule has 1 fully saturated rings. The maximum Gasteiger partial charge on any atom is 0.251 e. The Morgan fingerprint density at radius 2 is 2.18 bits per heavy atom. The van der Waals surface area contributed by atoms with Crippen molar-refractivity contribution in [1.82, 2.24) is 20.6 Å². The minimum absolute atomic E-state index is 0.106. The fraction of sp³-hybridized carbons (Fsp3) is 0.400. The van der Waals surface area contributed by atoms with E-state index < -0.39 is 0 Å².